The molecule has 0 saturated heterocycles. The molecular weight excluding hydrogens is 506 g/mol. The minimum Gasteiger partial charge on any atom is -0.372 e. The number of fused-ring (bicyclic) bond motifs is 1. The molecule has 0 fully saturated rings. The second-order valence-electron chi connectivity index (χ2n) is 8.35. The zero-order valence-corrected chi connectivity index (χ0v) is 21.1. The van der Waals surface area contributed by atoms with Gasteiger partial charge in [0.15, 0.2) is 10.8 Å². The molecule has 1 heterocycles. The molecule has 0 radical (unpaired) electrons. The molecule has 1 amide bonds. The van der Waals surface area contributed by atoms with Gasteiger partial charge in [0, 0.05) is 10.8 Å². The Hall–Kier alpha value is -3.91. The number of amides is 1. The van der Waals surface area contributed by atoms with E-state index >= 15 is 0 Å². The number of halogens is 1. The van der Waals surface area contributed by atoms with Crippen LogP contribution in [-0.4, -0.2) is 20.7 Å². The highest BCUT2D eigenvalue weighted by Crippen LogP contribution is 2.31. The average Bonchev–Trinajstić information content (AvgIpc) is 2.95. The van der Waals surface area contributed by atoms with Crippen LogP contribution in [0.4, 0.5) is 0 Å². The van der Waals surface area contributed by atoms with Gasteiger partial charge in [-0.2, -0.15) is 4.68 Å². The van der Waals surface area contributed by atoms with E-state index in [4.69, 9.17) is 11.6 Å². The van der Waals surface area contributed by atoms with Gasteiger partial charge < -0.3 is 5.11 Å². The Balaban J connectivity index is 1.58. The van der Waals surface area contributed by atoms with E-state index in [-0.39, 0.29) is 5.16 Å². The van der Waals surface area contributed by atoms with Gasteiger partial charge in [0.05, 0.1) is 10.9 Å². The summed E-state index contributed by atoms with van der Waals surface area (Å²) in [5, 5.41) is 13.1. The molecule has 5 rings (SSSR count). The average molecular weight is 528 g/mol. The van der Waals surface area contributed by atoms with Crippen LogP contribution in [0.3, 0.4) is 0 Å². The second-order valence-corrected chi connectivity index (χ2v) is 9.73. The first-order chi connectivity index (χ1) is 18.0. The summed E-state index contributed by atoms with van der Waals surface area (Å²) in [6, 6.07) is 31.6. The highest BCUT2D eigenvalue weighted by molar-refractivity contribution is 7.98. The van der Waals surface area contributed by atoms with E-state index < -0.39 is 17.1 Å². The van der Waals surface area contributed by atoms with E-state index in [0.29, 0.717) is 32.8 Å². The number of nitrogens with zero attached hydrogens (tertiary/aromatic N) is 2. The number of aromatic nitrogens is 2. The zero-order valence-electron chi connectivity index (χ0n) is 19.5. The topological polar surface area (TPSA) is 84.2 Å². The summed E-state index contributed by atoms with van der Waals surface area (Å²) in [5.74, 6) is -0.295. The van der Waals surface area contributed by atoms with Crippen molar-refractivity contribution in [2.75, 3.05) is 5.43 Å². The van der Waals surface area contributed by atoms with Crippen molar-refractivity contribution in [2.45, 2.75) is 16.5 Å². The Morgan fingerprint density at radius 1 is 0.865 bits per heavy atom. The van der Waals surface area contributed by atoms with Crippen LogP contribution in [0.1, 0.15) is 16.7 Å². The molecule has 4 aromatic carbocycles. The maximum atomic E-state index is 13.8. The van der Waals surface area contributed by atoms with Crippen molar-refractivity contribution in [2.24, 2.45) is 0 Å². The first kappa shape index (κ1) is 24.8. The van der Waals surface area contributed by atoms with Crippen molar-refractivity contribution in [3.63, 3.8) is 0 Å². The van der Waals surface area contributed by atoms with Gasteiger partial charge >= 0.3 is 0 Å². The SMILES string of the molecule is O=C(Nn1c(SCc2ccc(Cl)cc2)nc2ccccc2c1=O)C(O)(c1ccccc1)c1ccccc1. The Morgan fingerprint density at radius 2 is 1.43 bits per heavy atom. The molecule has 0 aliphatic heterocycles. The lowest BCUT2D eigenvalue weighted by Crippen LogP contribution is -2.47. The number of benzene rings is 4. The minimum absolute atomic E-state index is 0.287. The third-order valence-corrected chi connectivity index (χ3v) is 7.21. The molecule has 0 atom stereocenters. The first-order valence-electron chi connectivity index (χ1n) is 11.5. The fourth-order valence-electron chi connectivity index (χ4n) is 4.01. The third-order valence-electron chi connectivity index (χ3n) is 5.95. The number of aliphatic hydroxyl groups is 1. The molecule has 8 heteroatoms. The number of carbonyl (C=O) groups is 1. The summed E-state index contributed by atoms with van der Waals surface area (Å²) in [6.07, 6.45) is 0. The largest absolute Gasteiger partial charge is 0.372 e. The summed E-state index contributed by atoms with van der Waals surface area (Å²) in [6.45, 7) is 0. The molecule has 37 heavy (non-hydrogen) atoms. The number of rotatable bonds is 7. The van der Waals surface area contributed by atoms with Crippen LogP contribution in [0, 0.1) is 0 Å². The van der Waals surface area contributed by atoms with E-state index in [0.717, 1.165) is 10.2 Å². The molecule has 0 aliphatic rings. The first-order valence-corrected chi connectivity index (χ1v) is 12.9. The summed E-state index contributed by atoms with van der Waals surface area (Å²) in [5.41, 5.74) is 2.40. The van der Waals surface area contributed by atoms with Gasteiger partial charge in [-0.15, -0.1) is 0 Å². The predicted octanol–water partition coefficient (Wildman–Crippen LogP) is 5.35. The van der Waals surface area contributed by atoms with Gasteiger partial charge in [0.25, 0.3) is 11.5 Å². The van der Waals surface area contributed by atoms with Crippen molar-refractivity contribution < 1.29 is 9.90 Å². The van der Waals surface area contributed by atoms with Crippen molar-refractivity contribution in [1.29, 1.82) is 0 Å². The monoisotopic (exact) mass is 527 g/mol. The van der Waals surface area contributed by atoms with Gasteiger partial charge in [-0.3, -0.25) is 15.0 Å². The van der Waals surface area contributed by atoms with E-state index in [2.05, 4.69) is 10.4 Å². The zero-order chi connectivity index (χ0) is 25.8. The van der Waals surface area contributed by atoms with Crippen LogP contribution in [-0.2, 0) is 16.1 Å². The molecule has 1 aromatic heterocycles. The number of hydrogen-bond acceptors (Lipinski definition) is 5. The maximum Gasteiger partial charge on any atom is 0.281 e. The van der Waals surface area contributed by atoms with Crippen LogP contribution in [0.15, 0.2) is 119 Å². The van der Waals surface area contributed by atoms with Gasteiger partial charge in [0.1, 0.15) is 0 Å². The molecular formula is C29H22ClN3O3S. The lowest BCUT2D eigenvalue weighted by atomic mass is 9.85. The fraction of sp³-hybridized carbons (Fsp3) is 0.0690. The lowest BCUT2D eigenvalue weighted by Gasteiger charge is -2.28. The number of para-hydroxylation sites is 1. The van der Waals surface area contributed by atoms with E-state index in [1.165, 1.54) is 11.8 Å². The number of carbonyl (C=O) groups excluding carboxylic acids is 1. The summed E-state index contributed by atoms with van der Waals surface area (Å²) < 4.78 is 1.11. The van der Waals surface area contributed by atoms with Gasteiger partial charge in [0.2, 0.25) is 0 Å². The van der Waals surface area contributed by atoms with Crippen LogP contribution in [0.2, 0.25) is 5.02 Å². The predicted molar refractivity (Wildman–Crippen MR) is 147 cm³/mol. The molecule has 184 valence electrons. The second kappa shape index (κ2) is 10.6. The normalized spacial score (nSPS) is 11.4. The summed E-state index contributed by atoms with van der Waals surface area (Å²) in [4.78, 5) is 32.0. The van der Waals surface area contributed by atoms with Crippen LogP contribution < -0.4 is 11.0 Å². The van der Waals surface area contributed by atoms with Crippen LogP contribution >= 0.6 is 23.4 Å². The minimum atomic E-state index is -2.05. The molecule has 5 aromatic rings. The van der Waals surface area contributed by atoms with Crippen molar-refractivity contribution in [3.05, 3.63) is 141 Å². The number of thioether (sulfide) groups is 1. The van der Waals surface area contributed by atoms with Crippen molar-refractivity contribution in [1.82, 2.24) is 9.66 Å². The molecule has 0 aliphatic carbocycles. The highest BCUT2D eigenvalue weighted by Gasteiger charge is 2.40. The Morgan fingerprint density at radius 3 is 2.05 bits per heavy atom. The van der Waals surface area contributed by atoms with Gasteiger partial charge in [-0.25, -0.2) is 4.98 Å². The van der Waals surface area contributed by atoms with Crippen molar-refractivity contribution in [3.8, 4) is 0 Å². The lowest BCUT2D eigenvalue weighted by molar-refractivity contribution is -0.132. The highest BCUT2D eigenvalue weighted by atomic mass is 35.5. The Kier molecular flexibility index (Phi) is 7.10. The third kappa shape index (κ3) is 5.02. The van der Waals surface area contributed by atoms with Gasteiger partial charge in [-0.05, 0) is 41.0 Å². The standard InChI is InChI=1S/C29H22ClN3O3S/c30-23-17-15-20(16-18-23)19-37-28-31-25-14-8-7-13-24(25)26(34)33(28)32-27(35)29(36,21-9-3-1-4-10-21)22-11-5-2-6-12-22/h1-18,36H,19H2,(H,32,35). The van der Waals surface area contributed by atoms with E-state index in [9.17, 15) is 14.7 Å². The number of hydrogen-bond donors (Lipinski definition) is 2. The van der Waals surface area contributed by atoms with E-state index in [1.807, 2.05) is 12.1 Å². The molecule has 0 unspecified atom stereocenters. The summed E-state index contributed by atoms with van der Waals surface area (Å²) in [7, 11) is 0. The van der Waals surface area contributed by atoms with Gasteiger partial charge in [-0.1, -0.05) is 108 Å². The smallest absolute Gasteiger partial charge is 0.281 e. The molecule has 6 nitrogen and oxygen atoms in total. The van der Waals surface area contributed by atoms with Crippen molar-refractivity contribution >= 4 is 40.2 Å². The van der Waals surface area contributed by atoms with E-state index in [1.54, 1.807) is 97.1 Å². The quantitative estimate of drug-likeness (QED) is 0.220. The molecule has 0 saturated carbocycles. The van der Waals surface area contributed by atoms with Crippen LogP contribution in [0.5, 0.6) is 0 Å². The molecule has 2 N–H and O–H groups in total. The molecule has 0 spiro atoms. The summed E-state index contributed by atoms with van der Waals surface area (Å²) >= 11 is 7.30. The Labute approximate surface area is 222 Å². The maximum absolute atomic E-state index is 13.8. The fourth-order valence-corrected chi connectivity index (χ4v) is 5.04. The Bertz CT molecular complexity index is 1570. The number of nitrogens with one attached hydrogen (secondary N) is 1. The van der Waals surface area contributed by atoms with Crippen LogP contribution in [0.25, 0.3) is 10.9 Å². The molecule has 0 bridgehead atoms.